The number of hydrogen-bond acceptors (Lipinski definition) is 5. The fourth-order valence-corrected chi connectivity index (χ4v) is 7.03. The first-order chi connectivity index (χ1) is 14.8. The second-order valence-electron chi connectivity index (χ2n) is 8.22. The lowest BCUT2D eigenvalue weighted by atomic mass is 9.95. The molecule has 1 aliphatic heterocycles. The lowest BCUT2D eigenvalue weighted by Gasteiger charge is -2.15. The Morgan fingerprint density at radius 3 is 2.58 bits per heavy atom. The number of rotatable bonds is 5. The third kappa shape index (κ3) is 5.25. The molecule has 1 aromatic carbocycles. The highest BCUT2D eigenvalue weighted by Crippen LogP contribution is 2.38. The van der Waals surface area contributed by atoms with E-state index in [1.807, 2.05) is 31.2 Å². The molecular weight excluding hydrogens is 432 g/mol. The maximum absolute atomic E-state index is 13.1. The first kappa shape index (κ1) is 21.8. The van der Waals surface area contributed by atoms with E-state index in [-0.39, 0.29) is 29.4 Å². The van der Waals surface area contributed by atoms with E-state index in [2.05, 4.69) is 10.6 Å². The average Bonchev–Trinajstić information content (AvgIpc) is 3.26. The van der Waals surface area contributed by atoms with Crippen molar-refractivity contribution < 1.29 is 18.0 Å². The molecule has 0 spiro atoms. The highest BCUT2D eigenvalue weighted by Gasteiger charge is 2.32. The van der Waals surface area contributed by atoms with Gasteiger partial charge >= 0.3 is 0 Å². The minimum Gasteiger partial charge on any atom is -0.348 e. The smallest absolute Gasteiger partial charge is 0.254 e. The third-order valence-corrected chi connectivity index (χ3v) is 8.68. The van der Waals surface area contributed by atoms with Gasteiger partial charge in [0.1, 0.15) is 5.00 Å². The van der Waals surface area contributed by atoms with Gasteiger partial charge in [-0.25, -0.2) is 8.42 Å². The monoisotopic (exact) mass is 458 g/mol. The molecule has 6 nitrogen and oxygen atoms in total. The molecule has 1 aromatic heterocycles. The van der Waals surface area contributed by atoms with Crippen LogP contribution in [0.15, 0.2) is 30.3 Å². The molecule has 2 N–H and O–H groups in total. The quantitative estimate of drug-likeness (QED) is 0.671. The van der Waals surface area contributed by atoms with Crippen LogP contribution in [0.4, 0.5) is 5.00 Å². The zero-order chi connectivity index (χ0) is 22.0. The van der Waals surface area contributed by atoms with Crippen LogP contribution in [0.3, 0.4) is 0 Å². The Hall–Kier alpha value is -2.45. The van der Waals surface area contributed by atoms with E-state index in [9.17, 15) is 18.0 Å². The molecule has 1 saturated heterocycles. The Morgan fingerprint density at radius 1 is 1.13 bits per heavy atom. The van der Waals surface area contributed by atoms with Gasteiger partial charge in [0.25, 0.3) is 5.91 Å². The van der Waals surface area contributed by atoms with Gasteiger partial charge in [-0.3, -0.25) is 9.59 Å². The SMILES string of the molecule is Cc1ccc(/C=C/C(=O)Nc2sc3c(c2C(=O)NC2CCS(=O)(=O)C2)CCCC3)cc1. The summed E-state index contributed by atoms with van der Waals surface area (Å²) in [6, 6.07) is 7.48. The maximum Gasteiger partial charge on any atom is 0.254 e. The topological polar surface area (TPSA) is 92.3 Å². The summed E-state index contributed by atoms with van der Waals surface area (Å²) in [5.74, 6) is -0.505. The fraction of sp³-hybridized carbons (Fsp3) is 0.391. The normalized spacial score (nSPS) is 19.8. The summed E-state index contributed by atoms with van der Waals surface area (Å²) in [5, 5.41) is 6.31. The van der Waals surface area contributed by atoms with E-state index in [0.717, 1.165) is 47.3 Å². The van der Waals surface area contributed by atoms with Crippen LogP contribution in [0, 0.1) is 6.92 Å². The number of aryl methyl sites for hydroxylation is 2. The van der Waals surface area contributed by atoms with Crippen LogP contribution < -0.4 is 10.6 Å². The Kier molecular flexibility index (Phi) is 6.29. The number of fused-ring (bicyclic) bond motifs is 1. The van der Waals surface area contributed by atoms with Crippen molar-refractivity contribution in [2.75, 3.05) is 16.8 Å². The van der Waals surface area contributed by atoms with Crippen LogP contribution >= 0.6 is 11.3 Å². The van der Waals surface area contributed by atoms with Gasteiger partial charge in [-0.15, -0.1) is 11.3 Å². The van der Waals surface area contributed by atoms with Crippen molar-refractivity contribution in [3.05, 3.63) is 57.5 Å². The predicted molar refractivity (Wildman–Crippen MR) is 124 cm³/mol. The van der Waals surface area contributed by atoms with Gasteiger partial charge in [-0.05, 0) is 56.2 Å². The van der Waals surface area contributed by atoms with Crippen LogP contribution in [0.1, 0.15) is 51.2 Å². The lowest BCUT2D eigenvalue weighted by molar-refractivity contribution is -0.111. The lowest BCUT2D eigenvalue weighted by Crippen LogP contribution is -2.36. The van der Waals surface area contributed by atoms with E-state index in [0.29, 0.717) is 17.0 Å². The average molecular weight is 459 g/mol. The van der Waals surface area contributed by atoms with E-state index in [1.54, 1.807) is 6.08 Å². The minimum atomic E-state index is -3.08. The van der Waals surface area contributed by atoms with Gasteiger partial charge in [0.2, 0.25) is 5.91 Å². The summed E-state index contributed by atoms with van der Waals surface area (Å²) >= 11 is 1.46. The number of sulfone groups is 1. The van der Waals surface area contributed by atoms with Crippen molar-refractivity contribution in [3.63, 3.8) is 0 Å². The molecule has 1 aliphatic carbocycles. The van der Waals surface area contributed by atoms with Crippen LogP contribution in [-0.4, -0.2) is 37.8 Å². The summed E-state index contributed by atoms with van der Waals surface area (Å²) in [5.41, 5.74) is 3.57. The Labute approximate surface area is 186 Å². The van der Waals surface area contributed by atoms with Gasteiger partial charge in [0.05, 0.1) is 17.1 Å². The molecule has 0 radical (unpaired) electrons. The molecule has 2 heterocycles. The van der Waals surface area contributed by atoms with Gasteiger partial charge in [-0.2, -0.15) is 0 Å². The highest BCUT2D eigenvalue weighted by atomic mass is 32.2. The summed E-state index contributed by atoms with van der Waals surface area (Å²) in [6.45, 7) is 2.01. The van der Waals surface area contributed by atoms with Crippen molar-refractivity contribution in [3.8, 4) is 0 Å². The number of hydrogen-bond donors (Lipinski definition) is 2. The van der Waals surface area contributed by atoms with E-state index < -0.39 is 9.84 Å². The molecule has 1 fully saturated rings. The van der Waals surface area contributed by atoms with Crippen molar-refractivity contribution in [2.45, 2.75) is 45.1 Å². The zero-order valence-corrected chi connectivity index (χ0v) is 19.1. The molecule has 2 amide bonds. The van der Waals surface area contributed by atoms with Crippen molar-refractivity contribution >= 4 is 44.1 Å². The number of nitrogens with one attached hydrogen (secondary N) is 2. The molecule has 1 unspecified atom stereocenters. The van der Waals surface area contributed by atoms with Gasteiger partial charge in [0.15, 0.2) is 9.84 Å². The van der Waals surface area contributed by atoms with Crippen molar-refractivity contribution in [1.82, 2.24) is 5.32 Å². The Morgan fingerprint density at radius 2 is 1.87 bits per heavy atom. The van der Waals surface area contributed by atoms with Gasteiger partial charge in [0, 0.05) is 17.0 Å². The van der Waals surface area contributed by atoms with Crippen LogP contribution in [-0.2, 0) is 27.5 Å². The molecule has 0 saturated carbocycles. The first-order valence-corrected chi connectivity index (χ1v) is 13.2. The molecule has 1 atom stereocenters. The van der Waals surface area contributed by atoms with E-state index in [4.69, 9.17) is 0 Å². The maximum atomic E-state index is 13.1. The third-order valence-electron chi connectivity index (χ3n) is 5.71. The molecule has 4 rings (SSSR count). The zero-order valence-electron chi connectivity index (χ0n) is 17.4. The summed E-state index contributed by atoms with van der Waals surface area (Å²) in [7, 11) is -3.08. The number of benzene rings is 1. The molecular formula is C23H26N2O4S2. The minimum absolute atomic E-state index is 0.0218. The molecule has 0 bridgehead atoms. The molecule has 2 aliphatic rings. The second-order valence-corrected chi connectivity index (χ2v) is 11.6. The van der Waals surface area contributed by atoms with Crippen LogP contribution in [0.2, 0.25) is 0 Å². The van der Waals surface area contributed by atoms with Crippen LogP contribution in [0.25, 0.3) is 6.08 Å². The van der Waals surface area contributed by atoms with Crippen molar-refractivity contribution in [2.24, 2.45) is 0 Å². The first-order valence-electron chi connectivity index (χ1n) is 10.5. The Balaban J connectivity index is 1.53. The largest absolute Gasteiger partial charge is 0.348 e. The van der Waals surface area contributed by atoms with Crippen molar-refractivity contribution in [1.29, 1.82) is 0 Å². The standard InChI is InChI=1S/C23H26N2O4S2/c1-15-6-8-16(9-7-15)10-11-20(26)25-23-21(18-4-2-3-5-19(18)30-23)22(27)24-17-12-13-31(28,29)14-17/h6-11,17H,2-5,12-14H2,1H3,(H,24,27)(H,25,26)/b11-10+. The summed E-state index contributed by atoms with van der Waals surface area (Å²) in [6.07, 6.45) is 7.40. The number of carbonyl (C=O) groups is 2. The number of thiophene rings is 1. The highest BCUT2D eigenvalue weighted by molar-refractivity contribution is 7.91. The molecule has 2 aromatic rings. The van der Waals surface area contributed by atoms with E-state index in [1.165, 1.54) is 17.4 Å². The van der Waals surface area contributed by atoms with Crippen LogP contribution in [0.5, 0.6) is 0 Å². The van der Waals surface area contributed by atoms with Gasteiger partial charge in [-0.1, -0.05) is 29.8 Å². The number of anilines is 1. The number of carbonyl (C=O) groups excluding carboxylic acids is 2. The Bertz CT molecular complexity index is 1130. The second kappa shape index (κ2) is 8.96. The summed E-state index contributed by atoms with van der Waals surface area (Å²) in [4.78, 5) is 26.8. The molecule has 164 valence electrons. The predicted octanol–water partition coefficient (Wildman–Crippen LogP) is 3.50. The molecule has 8 heteroatoms. The number of amides is 2. The summed E-state index contributed by atoms with van der Waals surface area (Å²) < 4.78 is 23.5. The van der Waals surface area contributed by atoms with E-state index >= 15 is 0 Å². The molecule has 31 heavy (non-hydrogen) atoms. The van der Waals surface area contributed by atoms with Gasteiger partial charge < -0.3 is 10.6 Å². The fourth-order valence-electron chi connectivity index (χ4n) is 4.06.